The van der Waals surface area contributed by atoms with Gasteiger partial charge in [-0.3, -0.25) is 9.59 Å². The van der Waals surface area contributed by atoms with Crippen molar-refractivity contribution < 1.29 is 23.5 Å². The first kappa shape index (κ1) is 21.1. The van der Waals surface area contributed by atoms with E-state index in [1.54, 1.807) is 36.3 Å². The highest BCUT2D eigenvalue weighted by Crippen LogP contribution is 2.19. The maximum atomic E-state index is 13.9. The fourth-order valence-corrected chi connectivity index (χ4v) is 3.24. The van der Waals surface area contributed by atoms with Crippen LogP contribution < -0.4 is 4.74 Å². The molecule has 0 atom stereocenters. The third kappa shape index (κ3) is 5.25. The number of piperazine rings is 1. The minimum Gasteiger partial charge on any atom is -0.491 e. The van der Waals surface area contributed by atoms with Crippen molar-refractivity contribution >= 4 is 23.4 Å². The van der Waals surface area contributed by atoms with E-state index in [9.17, 15) is 14.0 Å². The van der Waals surface area contributed by atoms with Crippen LogP contribution >= 0.6 is 11.6 Å². The number of carbonyl (C=O) groups is 2. The van der Waals surface area contributed by atoms with Crippen molar-refractivity contribution in [2.24, 2.45) is 0 Å². The zero-order valence-electron chi connectivity index (χ0n) is 16.1. The summed E-state index contributed by atoms with van der Waals surface area (Å²) < 4.78 is 24.4. The SMILES string of the molecule is COCCOc1ccc(C(=O)N2CCN(C(=O)c3cc(Cl)ccc3F)CC2)cc1. The molecule has 2 aromatic rings. The molecule has 0 bridgehead atoms. The molecule has 2 amide bonds. The minimum absolute atomic E-state index is 0.0543. The molecule has 0 saturated carbocycles. The molecule has 154 valence electrons. The summed E-state index contributed by atoms with van der Waals surface area (Å²) in [7, 11) is 1.60. The van der Waals surface area contributed by atoms with Crippen LogP contribution in [0.5, 0.6) is 5.75 Å². The monoisotopic (exact) mass is 420 g/mol. The number of benzene rings is 2. The van der Waals surface area contributed by atoms with Crippen molar-refractivity contribution in [2.75, 3.05) is 46.5 Å². The van der Waals surface area contributed by atoms with Crippen molar-refractivity contribution in [3.8, 4) is 5.75 Å². The summed E-state index contributed by atoms with van der Waals surface area (Å²) in [5.41, 5.74) is 0.492. The summed E-state index contributed by atoms with van der Waals surface area (Å²) in [6.45, 7) is 2.33. The van der Waals surface area contributed by atoms with Crippen molar-refractivity contribution in [1.82, 2.24) is 9.80 Å². The molecular weight excluding hydrogens is 399 g/mol. The minimum atomic E-state index is -0.606. The molecule has 0 aromatic heterocycles. The van der Waals surface area contributed by atoms with Crippen molar-refractivity contribution in [1.29, 1.82) is 0 Å². The number of hydrogen-bond acceptors (Lipinski definition) is 4. The topological polar surface area (TPSA) is 59.1 Å². The molecule has 2 aromatic carbocycles. The first-order valence-electron chi connectivity index (χ1n) is 9.25. The van der Waals surface area contributed by atoms with E-state index in [0.29, 0.717) is 55.7 Å². The van der Waals surface area contributed by atoms with Crippen molar-refractivity contribution in [2.45, 2.75) is 0 Å². The van der Waals surface area contributed by atoms with Gasteiger partial charge in [0.2, 0.25) is 0 Å². The maximum Gasteiger partial charge on any atom is 0.257 e. The number of ether oxygens (including phenoxy) is 2. The molecule has 1 aliphatic rings. The summed E-state index contributed by atoms with van der Waals surface area (Å²) in [6, 6.07) is 10.8. The molecule has 0 radical (unpaired) electrons. The van der Waals surface area contributed by atoms with E-state index in [1.165, 1.54) is 23.1 Å². The van der Waals surface area contributed by atoms with E-state index in [-0.39, 0.29) is 11.5 Å². The van der Waals surface area contributed by atoms with E-state index in [1.807, 2.05) is 0 Å². The van der Waals surface area contributed by atoms with Crippen LogP contribution in [0.15, 0.2) is 42.5 Å². The van der Waals surface area contributed by atoms with E-state index in [4.69, 9.17) is 21.1 Å². The maximum absolute atomic E-state index is 13.9. The number of amides is 2. The lowest BCUT2D eigenvalue weighted by Crippen LogP contribution is -2.50. The molecule has 1 saturated heterocycles. The van der Waals surface area contributed by atoms with Gasteiger partial charge in [0.25, 0.3) is 11.8 Å². The molecule has 0 N–H and O–H groups in total. The standard InChI is InChI=1S/C21H22ClFN2O4/c1-28-12-13-29-17-5-2-15(3-6-17)20(26)24-8-10-25(11-9-24)21(27)18-14-16(22)4-7-19(18)23/h2-7,14H,8-13H2,1H3. The Balaban J connectivity index is 1.56. The summed E-state index contributed by atoms with van der Waals surface area (Å²) in [4.78, 5) is 28.5. The van der Waals surface area contributed by atoms with Gasteiger partial charge in [0.1, 0.15) is 18.2 Å². The Morgan fingerprint density at radius 2 is 1.59 bits per heavy atom. The van der Waals surface area contributed by atoms with Gasteiger partial charge in [0.05, 0.1) is 12.2 Å². The summed E-state index contributed by atoms with van der Waals surface area (Å²) >= 11 is 5.87. The molecule has 0 unspecified atom stereocenters. The van der Waals surface area contributed by atoms with Gasteiger partial charge in [-0.05, 0) is 42.5 Å². The Morgan fingerprint density at radius 3 is 2.21 bits per heavy atom. The highest BCUT2D eigenvalue weighted by atomic mass is 35.5. The zero-order chi connectivity index (χ0) is 20.8. The fraction of sp³-hybridized carbons (Fsp3) is 0.333. The first-order valence-corrected chi connectivity index (χ1v) is 9.63. The Hall–Kier alpha value is -2.64. The van der Waals surface area contributed by atoms with E-state index < -0.39 is 11.7 Å². The Morgan fingerprint density at radius 1 is 0.966 bits per heavy atom. The van der Waals surface area contributed by atoms with Gasteiger partial charge in [-0.2, -0.15) is 0 Å². The second-order valence-electron chi connectivity index (χ2n) is 6.57. The molecule has 6 nitrogen and oxygen atoms in total. The van der Waals surface area contributed by atoms with Gasteiger partial charge in [-0.1, -0.05) is 11.6 Å². The smallest absolute Gasteiger partial charge is 0.257 e. The summed E-state index contributed by atoms with van der Waals surface area (Å²) in [6.07, 6.45) is 0. The number of rotatable bonds is 6. The lowest BCUT2D eigenvalue weighted by Gasteiger charge is -2.35. The van der Waals surface area contributed by atoms with Crippen molar-refractivity contribution in [3.05, 3.63) is 64.4 Å². The van der Waals surface area contributed by atoms with Crippen LogP contribution in [0.2, 0.25) is 5.02 Å². The Labute approximate surface area is 173 Å². The lowest BCUT2D eigenvalue weighted by atomic mass is 10.1. The predicted molar refractivity (Wildman–Crippen MR) is 107 cm³/mol. The Kier molecular flexibility index (Phi) is 7.06. The van der Waals surface area contributed by atoms with Crippen molar-refractivity contribution in [3.63, 3.8) is 0 Å². The van der Waals surface area contributed by atoms with E-state index in [0.717, 1.165) is 0 Å². The number of methoxy groups -OCH3 is 1. The summed E-state index contributed by atoms with van der Waals surface area (Å²) in [5, 5.41) is 0.304. The molecule has 0 aliphatic carbocycles. The van der Waals surface area contributed by atoms with Gasteiger partial charge in [0, 0.05) is 43.9 Å². The predicted octanol–water partition coefficient (Wildman–Crippen LogP) is 3.10. The Bertz CT molecular complexity index is 867. The summed E-state index contributed by atoms with van der Waals surface area (Å²) in [5.74, 6) is -0.479. The van der Waals surface area contributed by atoms with Crippen LogP contribution in [0.3, 0.4) is 0 Å². The number of nitrogens with zero attached hydrogens (tertiary/aromatic N) is 2. The number of hydrogen-bond donors (Lipinski definition) is 0. The molecule has 1 aliphatic heterocycles. The molecular formula is C21H22ClFN2O4. The van der Waals surface area contributed by atoms with Crippen LogP contribution in [0.25, 0.3) is 0 Å². The molecule has 8 heteroatoms. The average molecular weight is 421 g/mol. The normalized spacial score (nSPS) is 14.0. The second-order valence-corrected chi connectivity index (χ2v) is 7.01. The van der Waals surface area contributed by atoms with Crippen LogP contribution in [0.1, 0.15) is 20.7 Å². The molecule has 1 fully saturated rings. The highest BCUT2D eigenvalue weighted by molar-refractivity contribution is 6.31. The van der Waals surface area contributed by atoms with Gasteiger partial charge in [-0.15, -0.1) is 0 Å². The molecule has 1 heterocycles. The van der Waals surface area contributed by atoms with Crippen LogP contribution in [-0.2, 0) is 4.74 Å². The first-order chi connectivity index (χ1) is 14.0. The van der Waals surface area contributed by atoms with Crippen LogP contribution in [0.4, 0.5) is 4.39 Å². The second kappa shape index (κ2) is 9.71. The molecule has 3 rings (SSSR count). The van der Waals surface area contributed by atoms with E-state index >= 15 is 0 Å². The average Bonchev–Trinajstić information content (AvgIpc) is 2.75. The quantitative estimate of drug-likeness (QED) is 0.674. The van der Waals surface area contributed by atoms with Gasteiger partial charge < -0.3 is 19.3 Å². The molecule has 0 spiro atoms. The van der Waals surface area contributed by atoms with E-state index in [2.05, 4.69) is 0 Å². The molecule has 29 heavy (non-hydrogen) atoms. The van der Waals surface area contributed by atoms with Gasteiger partial charge in [0.15, 0.2) is 0 Å². The largest absolute Gasteiger partial charge is 0.491 e. The van der Waals surface area contributed by atoms with Crippen LogP contribution in [-0.4, -0.2) is 68.1 Å². The number of halogens is 2. The number of carbonyl (C=O) groups excluding carboxylic acids is 2. The third-order valence-electron chi connectivity index (χ3n) is 4.67. The van der Waals surface area contributed by atoms with Gasteiger partial charge >= 0.3 is 0 Å². The lowest BCUT2D eigenvalue weighted by molar-refractivity contribution is 0.0532. The highest BCUT2D eigenvalue weighted by Gasteiger charge is 2.27. The zero-order valence-corrected chi connectivity index (χ0v) is 16.8. The third-order valence-corrected chi connectivity index (χ3v) is 4.91. The fourth-order valence-electron chi connectivity index (χ4n) is 3.06. The van der Waals surface area contributed by atoms with Crippen LogP contribution in [0, 0.1) is 5.82 Å². The van der Waals surface area contributed by atoms with Gasteiger partial charge in [-0.25, -0.2) is 4.39 Å².